The van der Waals surface area contributed by atoms with Gasteiger partial charge in [0.15, 0.2) is 0 Å². The molecule has 174 valence electrons. The van der Waals surface area contributed by atoms with Crippen LogP contribution in [0.25, 0.3) is 0 Å². The third-order valence-electron chi connectivity index (χ3n) is 5.20. The maximum Gasteiger partial charge on any atom is 0.501 e. The molecular formula is C19H22F3N5O4S. The zero-order chi connectivity index (χ0) is 23.5. The molecule has 0 aliphatic carbocycles. The number of aromatic nitrogens is 2. The zero-order valence-corrected chi connectivity index (χ0v) is 17.9. The van der Waals surface area contributed by atoms with E-state index in [0.717, 1.165) is 25.0 Å². The van der Waals surface area contributed by atoms with Crippen LogP contribution in [0.3, 0.4) is 0 Å². The highest BCUT2D eigenvalue weighted by molar-refractivity contribution is 7.92. The Bertz CT molecular complexity index is 1060. The van der Waals surface area contributed by atoms with Gasteiger partial charge in [-0.25, -0.2) is 23.2 Å². The second kappa shape index (κ2) is 9.18. The second-order valence-corrected chi connectivity index (χ2v) is 9.39. The van der Waals surface area contributed by atoms with Crippen molar-refractivity contribution >= 4 is 33.3 Å². The quantitative estimate of drug-likeness (QED) is 0.656. The molecule has 1 aromatic carbocycles. The van der Waals surface area contributed by atoms with E-state index in [2.05, 4.69) is 15.3 Å². The molecule has 0 radical (unpaired) electrons. The van der Waals surface area contributed by atoms with Crippen molar-refractivity contribution < 1.29 is 31.5 Å². The van der Waals surface area contributed by atoms with Crippen LogP contribution in [0.1, 0.15) is 12.8 Å². The van der Waals surface area contributed by atoms with Crippen LogP contribution < -0.4 is 10.2 Å². The topological polar surface area (TPSA) is 116 Å². The lowest BCUT2D eigenvalue weighted by atomic mass is 9.96. The van der Waals surface area contributed by atoms with Crippen LogP contribution in [0.15, 0.2) is 41.6 Å². The third-order valence-corrected chi connectivity index (χ3v) is 6.70. The minimum Gasteiger partial charge on any atom is -0.465 e. The molecule has 2 heterocycles. The molecule has 0 bridgehead atoms. The Balaban J connectivity index is 1.63. The van der Waals surface area contributed by atoms with Crippen molar-refractivity contribution in [2.45, 2.75) is 23.2 Å². The number of benzene rings is 1. The summed E-state index contributed by atoms with van der Waals surface area (Å²) in [7, 11) is -3.55. The van der Waals surface area contributed by atoms with Gasteiger partial charge < -0.3 is 20.2 Å². The first kappa shape index (κ1) is 23.6. The van der Waals surface area contributed by atoms with E-state index in [9.17, 15) is 26.4 Å². The van der Waals surface area contributed by atoms with Crippen LogP contribution in [0.4, 0.5) is 35.3 Å². The lowest BCUT2D eigenvalue weighted by Crippen LogP contribution is -2.40. The first-order valence-corrected chi connectivity index (χ1v) is 11.1. The molecule has 1 fully saturated rings. The number of carbonyl (C=O) groups is 1. The number of carboxylic acid groups (broad SMARTS) is 1. The molecule has 13 heteroatoms. The number of piperidine rings is 1. The van der Waals surface area contributed by atoms with E-state index in [0.29, 0.717) is 42.9 Å². The van der Waals surface area contributed by atoms with Gasteiger partial charge in [-0.2, -0.15) is 13.2 Å². The van der Waals surface area contributed by atoms with E-state index >= 15 is 0 Å². The second-order valence-electron chi connectivity index (χ2n) is 7.45. The predicted molar refractivity (Wildman–Crippen MR) is 111 cm³/mol. The SMILES string of the molecule is CN(CC1CCN(C(=O)O)CC1)c1cc(Nc2ccc(S(=O)(=O)C(F)(F)F)cc2)ncn1. The molecule has 1 saturated heterocycles. The molecule has 1 aliphatic heterocycles. The number of alkyl halides is 3. The van der Waals surface area contributed by atoms with Crippen LogP contribution in [0.5, 0.6) is 0 Å². The highest BCUT2D eigenvalue weighted by atomic mass is 32.2. The summed E-state index contributed by atoms with van der Waals surface area (Å²) in [6.45, 7) is 1.66. The molecule has 1 aromatic heterocycles. The number of likely N-dealkylation sites (tertiary alicyclic amines) is 1. The molecule has 0 atom stereocenters. The molecule has 1 aliphatic rings. The first-order valence-electron chi connectivity index (χ1n) is 9.67. The maximum absolute atomic E-state index is 12.7. The van der Waals surface area contributed by atoms with E-state index in [1.165, 1.54) is 23.4 Å². The Labute approximate surface area is 182 Å². The van der Waals surface area contributed by atoms with Crippen LogP contribution >= 0.6 is 0 Å². The zero-order valence-electron chi connectivity index (χ0n) is 17.1. The van der Waals surface area contributed by atoms with Crippen molar-refractivity contribution in [3.8, 4) is 0 Å². The summed E-state index contributed by atoms with van der Waals surface area (Å²) >= 11 is 0. The molecule has 32 heavy (non-hydrogen) atoms. The number of amides is 1. The summed E-state index contributed by atoms with van der Waals surface area (Å²) in [5.74, 6) is 1.30. The van der Waals surface area contributed by atoms with Crippen molar-refractivity contribution in [3.63, 3.8) is 0 Å². The average Bonchev–Trinajstić information content (AvgIpc) is 2.74. The van der Waals surface area contributed by atoms with Gasteiger partial charge in [0.25, 0.3) is 9.84 Å². The predicted octanol–water partition coefficient (Wildman–Crippen LogP) is 3.34. The third kappa shape index (κ3) is 5.39. The Morgan fingerprint density at radius 2 is 1.84 bits per heavy atom. The molecule has 2 N–H and O–H groups in total. The van der Waals surface area contributed by atoms with Gasteiger partial charge in [0, 0.05) is 38.4 Å². The Hall–Kier alpha value is -3.09. The molecule has 0 saturated carbocycles. The molecule has 0 spiro atoms. The Morgan fingerprint density at radius 1 is 1.22 bits per heavy atom. The molecule has 3 rings (SSSR count). The van der Waals surface area contributed by atoms with Gasteiger partial charge in [0.1, 0.15) is 18.0 Å². The van der Waals surface area contributed by atoms with Crippen LogP contribution in [0, 0.1) is 5.92 Å². The number of nitrogens with one attached hydrogen (secondary N) is 1. The van der Waals surface area contributed by atoms with Gasteiger partial charge in [-0.05, 0) is 43.0 Å². The fourth-order valence-corrected chi connectivity index (χ4v) is 4.17. The van der Waals surface area contributed by atoms with Gasteiger partial charge in [-0.3, -0.25) is 0 Å². The molecular weight excluding hydrogens is 451 g/mol. The Morgan fingerprint density at radius 3 is 2.41 bits per heavy atom. The standard InChI is InChI=1S/C19H22F3N5O4S/c1-26(11-13-6-8-27(9-7-13)18(28)29)17-10-16(23-12-24-17)25-14-2-4-15(5-3-14)32(30,31)19(20,21)22/h2-5,10,12-13H,6-9,11H2,1H3,(H,28,29)(H,23,24,25). The van der Waals surface area contributed by atoms with E-state index in [1.54, 1.807) is 6.07 Å². The molecule has 2 aromatic rings. The van der Waals surface area contributed by atoms with E-state index < -0.39 is 26.3 Å². The van der Waals surface area contributed by atoms with E-state index in [-0.39, 0.29) is 0 Å². The highest BCUT2D eigenvalue weighted by Gasteiger charge is 2.46. The first-order chi connectivity index (χ1) is 15.0. The summed E-state index contributed by atoms with van der Waals surface area (Å²) in [6, 6.07) is 5.86. The van der Waals surface area contributed by atoms with Crippen molar-refractivity contribution in [3.05, 3.63) is 36.7 Å². The smallest absolute Gasteiger partial charge is 0.465 e. The maximum atomic E-state index is 12.7. The van der Waals surface area contributed by atoms with Gasteiger partial charge in [-0.1, -0.05) is 0 Å². The van der Waals surface area contributed by atoms with Gasteiger partial charge in [0.2, 0.25) is 0 Å². The lowest BCUT2D eigenvalue weighted by molar-refractivity contribution is -0.0436. The van der Waals surface area contributed by atoms with E-state index in [4.69, 9.17) is 5.11 Å². The number of rotatable bonds is 6. The molecule has 1 amide bonds. The number of halogens is 3. The summed E-state index contributed by atoms with van der Waals surface area (Å²) in [4.78, 5) is 21.8. The van der Waals surface area contributed by atoms with Crippen molar-refractivity contribution in [2.75, 3.05) is 36.9 Å². The fourth-order valence-electron chi connectivity index (χ4n) is 3.41. The number of hydrogen-bond acceptors (Lipinski definition) is 7. The van der Waals surface area contributed by atoms with Crippen molar-refractivity contribution in [1.29, 1.82) is 0 Å². The monoisotopic (exact) mass is 473 g/mol. The van der Waals surface area contributed by atoms with Crippen molar-refractivity contribution in [2.24, 2.45) is 5.92 Å². The lowest BCUT2D eigenvalue weighted by Gasteiger charge is -2.32. The minimum atomic E-state index is -5.40. The molecule has 0 unspecified atom stereocenters. The summed E-state index contributed by atoms with van der Waals surface area (Å²) in [5, 5.41) is 12.0. The van der Waals surface area contributed by atoms with Gasteiger partial charge in [0.05, 0.1) is 4.90 Å². The highest BCUT2D eigenvalue weighted by Crippen LogP contribution is 2.31. The number of nitrogens with zero attached hydrogens (tertiary/aromatic N) is 4. The van der Waals surface area contributed by atoms with Crippen LogP contribution in [-0.2, 0) is 9.84 Å². The summed E-state index contributed by atoms with van der Waals surface area (Å²) in [6.07, 6.45) is 1.93. The fraction of sp³-hybridized carbons (Fsp3) is 0.421. The Kier molecular flexibility index (Phi) is 6.77. The minimum absolute atomic E-state index is 0.310. The summed E-state index contributed by atoms with van der Waals surface area (Å²) in [5.41, 5.74) is -5.00. The normalized spacial score (nSPS) is 15.4. The summed E-state index contributed by atoms with van der Waals surface area (Å²) < 4.78 is 60.9. The number of hydrogen-bond donors (Lipinski definition) is 2. The number of anilines is 3. The number of sulfone groups is 1. The van der Waals surface area contributed by atoms with Crippen molar-refractivity contribution in [1.82, 2.24) is 14.9 Å². The molecule has 9 nitrogen and oxygen atoms in total. The van der Waals surface area contributed by atoms with Crippen LogP contribution in [-0.4, -0.2) is 66.7 Å². The average molecular weight is 473 g/mol. The van der Waals surface area contributed by atoms with Gasteiger partial charge >= 0.3 is 11.6 Å². The van der Waals surface area contributed by atoms with E-state index in [1.807, 2.05) is 11.9 Å². The largest absolute Gasteiger partial charge is 0.501 e. The van der Waals surface area contributed by atoms with Crippen LogP contribution in [0.2, 0.25) is 0 Å². The van der Waals surface area contributed by atoms with Gasteiger partial charge in [-0.15, -0.1) is 0 Å².